The van der Waals surface area contributed by atoms with Crippen LogP contribution < -0.4 is 10.6 Å². The zero-order valence-corrected chi connectivity index (χ0v) is 46.5. The van der Waals surface area contributed by atoms with Gasteiger partial charge in [-0.15, -0.1) is 5.06 Å². The molecule has 11 nitrogen and oxygen atoms in total. The summed E-state index contributed by atoms with van der Waals surface area (Å²) in [6.07, 6.45) is 20.0. The van der Waals surface area contributed by atoms with E-state index in [1.54, 1.807) is 27.4 Å². The maximum absolute atomic E-state index is 13.1. The van der Waals surface area contributed by atoms with Crippen molar-refractivity contribution < 1.29 is 33.9 Å². The molecule has 0 bridgehead atoms. The molecule has 11 heteroatoms. The van der Waals surface area contributed by atoms with Crippen molar-refractivity contribution in [1.82, 2.24) is 20.8 Å². The number of carbonyl (C=O) groups excluding carboxylic acids is 3. The fraction of sp³-hybridized carbons (Fsp3) is 0.794. The van der Waals surface area contributed by atoms with Gasteiger partial charge in [-0.2, -0.15) is 5.06 Å². The Morgan fingerprint density at radius 1 is 0.662 bits per heavy atom. The van der Waals surface area contributed by atoms with E-state index in [9.17, 15) is 19.6 Å². The third kappa shape index (κ3) is 8.54. The number of fused-ring (bicyclic) bond motifs is 12. The highest BCUT2D eigenvalue weighted by Crippen LogP contribution is 2.66. The zero-order valence-electron chi connectivity index (χ0n) is 46.5. The molecule has 6 heterocycles. The van der Waals surface area contributed by atoms with Gasteiger partial charge in [0.05, 0.1) is 41.1 Å². The number of nitrogens with one attached hydrogen (secondary N) is 2. The van der Waals surface area contributed by atoms with Gasteiger partial charge in [0, 0.05) is 50.9 Å². The average molecular weight is 1020 g/mol. The molecule has 13 rings (SSSR count). The summed E-state index contributed by atoms with van der Waals surface area (Å²) in [4.78, 5) is 43.7. The van der Waals surface area contributed by atoms with Gasteiger partial charge in [-0.3, -0.25) is 9.59 Å². The SMILES string of the molecule is CC1=C2C[C@H]3[C@@H](CC[C@@H]4CNC(=O)CC[C@@]43C)[C@@H]2CC[C@@]2(C1)O[C@@H]1C[C@H](C)CN(O)[C@H]1[C@H]2C.CC1=C2C[C@H]3[C@@H](CC[C@@H]4CNC(=O)CC[C@@]43C)[C@@H]2CC[C@@]2(C1)O[C@@H]1C[C@H](C)CN(OC(=O)c3ccccc3)[C@H]1[C@H]2C. The van der Waals surface area contributed by atoms with E-state index in [1.807, 2.05) is 35.4 Å². The zero-order chi connectivity index (χ0) is 51.6. The Morgan fingerprint density at radius 3 is 1.68 bits per heavy atom. The first-order valence-electron chi connectivity index (χ1n) is 30.2. The highest BCUT2D eigenvalue weighted by Gasteiger charge is 2.63. The first kappa shape index (κ1) is 51.7. The molecule has 1 aromatic rings. The number of nitrogens with zero attached hydrogens (tertiary/aromatic N) is 2. The van der Waals surface area contributed by atoms with Crippen LogP contribution in [0.1, 0.15) is 181 Å². The maximum atomic E-state index is 13.1. The Bertz CT molecular complexity index is 2410. The quantitative estimate of drug-likeness (QED) is 0.248. The summed E-state index contributed by atoms with van der Waals surface area (Å²) >= 11 is 0. The topological polar surface area (TPSA) is 130 Å². The molecule has 4 saturated carbocycles. The van der Waals surface area contributed by atoms with Crippen LogP contribution in [0, 0.1) is 81.8 Å². The molecule has 3 N–H and O–H groups in total. The molecule has 6 saturated heterocycles. The Kier molecular flexibility index (Phi) is 13.5. The minimum absolute atomic E-state index is 0.0891. The van der Waals surface area contributed by atoms with Crippen LogP contribution in [0.2, 0.25) is 0 Å². The number of amides is 2. The molecular weight excluding hydrogens is 925 g/mol. The Labute approximate surface area is 443 Å². The molecule has 2 amide bonds. The number of hydrogen-bond acceptors (Lipinski definition) is 9. The molecule has 2 spiro atoms. The van der Waals surface area contributed by atoms with Crippen molar-refractivity contribution in [2.75, 3.05) is 26.2 Å². The monoisotopic (exact) mass is 1020 g/mol. The summed E-state index contributed by atoms with van der Waals surface area (Å²) in [5.41, 5.74) is 7.42. The Morgan fingerprint density at radius 2 is 1.15 bits per heavy atom. The predicted octanol–water partition coefficient (Wildman–Crippen LogP) is 11.3. The summed E-state index contributed by atoms with van der Waals surface area (Å²) in [6.45, 7) is 22.3. The largest absolute Gasteiger partial charge is 0.369 e. The summed E-state index contributed by atoms with van der Waals surface area (Å²) < 4.78 is 14.1. The molecule has 406 valence electrons. The number of hydroxylamine groups is 4. The number of benzene rings is 1. The van der Waals surface area contributed by atoms with Crippen LogP contribution in [-0.4, -0.2) is 94.8 Å². The van der Waals surface area contributed by atoms with Crippen LogP contribution in [0.4, 0.5) is 0 Å². The van der Waals surface area contributed by atoms with Gasteiger partial charge in [0.2, 0.25) is 11.8 Å². The number of rotatable bonds is 2. The smallest absolute Gasteiger partial charge is 0.357 e. The second kappa shape index (κ2) is 19.4. The van der Waals surface area contributed by atoms with Gasteiger partial charge in [-0.1, -0.05) is 82.0 Å². The molecule has 20 atom stereocenters. The van der Waals surface area contributed by atoms with E-state index in [4.69, 9.17) is 14.3 Å². The van der Waals surface area contributed by atoms with E-state index < -0.39 is 0 Å². The lowest BCUT2D eigenvalue weighted by molar-refractivity contribution is -0.182. The fourth-order valence-electron chi connectivity index (χ4n) is 20.3. The minimum Gasteiger partial charge on any atom is -0.369 e. The lowest BCUT2D eigenvalue weighted by atomic mass is 9.55. The van der Waals surface area contributed by atoms with Crippen molar-refractivity contribution >= 4 is 17.8 Å². The first-order chi connectivity index (χ1) is 35.4. The van der Waals surface area contributed by atoms with Crippen molar-refractivity contribution in [2.45, 2.75) is 206 Å². The maximum Gasteiger partial charge on any atom is 0.357 e. The number of hydrogen-bond donors (Lipinski definition) is 3. The van der Waals surface area contributed by atoms with Gasteiger partial charge in [0.25, 0.3) is 0 Å². The van der Waals surface area contributed by atoms with Crippen LogP contribution in [0.15, 0.2) is 52.6 Å². The van der Waals surface area contributed by atoms with Crippen LogP contribution in [0.5, 0.6) is 0 Å². The third-order valence-electron chi connectivity index (χ3n) is 24.3. The van der Waals surface area contributed by atoms with Gasteiger partial charge in [0.15, 0.2) is 0 Å². The van der Waals surface area contributed by atoms with E-state index in [0.717, 1.165) is 95.3 Å². The fourth-order valence-corrected chi connectivity index (χ4v) is 20.3. The number of piperidine rings is 2. The Hall–Kier alpha value is -3.09. The number of carbonyl (C=O) groups is 3. The highest BCUT2D eigenvalue weighted by molar-refractivity contribution is 5.89. The second-order valence-corrected chi connectivity index (χ2v) is 28.0. The lowest BCUT2D eigenvalue weighted by Gasteiger charge is -2.49. The second-order valence-electron chi connectivity index (χ2n) is 28.0. The van der Waals surface area contributed by atoms with Gasteiger partial charge in [-0.25, -0.2) is 4.79 Å². The molecule has 6 aliphatic carbocycles. The molecule has 10 fully saturated rings. The normalized spacial score (nSPS) is 47.9. The summed E-state index contributed by atoms with van der Waals surface area (Å²) in [5, 5.41) is 20.8. The molecule has 6 aliphatic heterocycles. The lowest BCUT2D eigenvalue weighted by Crippen LogP contribution is -2.52. The molecule has 0 radical (unpaired) electrons. The van der Waals surface area contributed by atoms with E-state index in [-0.39, 0.29) is 64.6 Å². The van der Waals surface area contributed by atoms with Gasteiger partial charge in [0.1, 0.15) is 0 Å². The molecule has 74 heavy (non-hydrogen) atoms. The highest BCUT2D eigenvalue weighted by atomic mass is 16.7. The van der Waals surface area contributed by atoms with E-state index in [1.165, 1.54) is 51.4 Å². The summed E-state index contributed by atoms with van der Waals surface area (Å²) in [6, 6.07) is 9.59. The van der Waals surface area contributed by atoms with Crippen LogP contribution >= 0.6 is 0 Å². The predicted molar refractivity (Wildman–Crippen MR) is 285 cm³/mol. The van der Waals surface area contributed by atoms with Crippen LogP contribution in [0.25, 0.3) is 0 Å². The number of ether oxygens (including phenoxy) is 2. The molecular formula is C63H92N4O7. The molecule has 0 aromatic heterocycles. The molecule has 12 aliphatic rings. The number of allylic oxidation sites excluding steroid dienone is 2. The minimum atomic E-state index is -0.272. The Balaban J connectivity index is 0.000000154. The average Bonchev–Trinajstić information content (AvgIpc) is 3.97. The summed E-state index contributed by atoms with van der Waals surface area (Å²) in [5.74, 6) is 7.27. The first-order valence-corrected chi connectivity index (χ1v) is 30.2. The van der Waals surface area contributed by atoms with Crippen molar-refractivity contribution in [3.63, 3.8) is 0 Å². The third-order valence-corrected chi connectivity index (χ3v) is 24.3. The standard InChI is InChI=1S/C35H48N2O4.C28H44N2O3/c1-21-16-30-32(37(20-21)41-33(39)24-8-6-5-7-9-24)23(3)35(40-30)15-12-26-27-11-10-25-19-36-31(38)13-14-34(25,4)29(27)17-28(26)22(2)18-35;1-16-11-24-26(30(32)15-16)18(3)28(33-24)10-7-20-21-6-5-19-14-29-25(31)8-9-27(19,4)23(21)12-22(20)17(2)13-28/h5-9,21,23,25-27,29-30,32H,10-20H2,1-4H3,(H,36,38);16,18-21,23-24,26,32H,5-15H2,1-4H3,(H,29,31)/t21-,23+,25+,26-,27-,29-,30+,32-,34-,35-;16-,18+,19+,20-,21-,23-,24+,26-,27-,28-/m00/s1. The van der Waals surface area contributed by atoms with Crippen molar-refractivity contribution in [2.24, 2.45) is 81.8 Å². The molecule has 0 unspecified atom stereocenters. The van der Waals surface area contributed by atoms with Gasteiger partial charge < -0.3 is 30.2 Å². The van der Waals surface area contributed by atoms with Crippen molar-refractivity contribution in [3.8, 4) is 0 Å². The van der Waals surface area contributed by atoms with Crippen LogP contribution in [-0.2, 0) is 23.9 Å². The van der Waals surface area contributed by atoms with Crippen molar-refractivity contribution in [3.05, 3.63) is 58.2 Å². The van der Waals surface area contributed by atoms with E-state index in [0.29, 0.717) is 71.2 Å². The molecule has 1 aromatic carbocycles. The van der Waals surface area contributed by atoms with Crippen molar-refractivity contribution in [1.29, 1.82) is 0 Å². The van der Waals surface area contributed by atoms with Gasteiger partial charge in [-0.05, 0) is 199 Å². The van der Waals surface area contributed by atoms with Crippen LogP contribution in [0.3, 0.4) is 0 Å². The van der Waals surface area contributed by atoms with E-state index in [2.05, 4.69) is 66.0 Å². The summed E-state index contributed by atoms with van der Waals surface area (Å²) in [7, 11) is 0. The van der Waals surface area contributed by atoms with Gasteiger partial charge >= 0.3 is 5.97 Å². The van der Waals surface area contributed by atoms with E-state index >= 15 is 0 Å².